The van der Waals surface area contributed by atoms with Crippen molar-refractivity contribution in [2.24, 2.45) is 0 Å². The molecule has 4 atom stereocenters. The van der Waals surface area contributed by atoms with Crippen LogP contribution in [0.15, 0.2) is 73.1 Å². The number of carbonyl (C=O) groups is 4. The summed E-state index contributed by atoms with van der Waals surface area (Å²) in [6.45, 7) is 1.45. The lowest BCUT2D eigenvalue weighted by atomic mass is 10.00. The van der Waals surface area contributed by atoms with E-state index in [0.29, 0.717) is 40.9 Å². The molecule has 3 aromatic carbocycles. The number of carbonyl (C=O) groups excluding carboxylic acids is 4. The van der Waals surface area contributed by atoms with Crippen LogP contribution in [0.4, 0.5) is 24.5 Å². The number of amides is 3. The van der Waals surface area contributed by atoms with Crippen LogP contribution in [0.25, 0.3) is 22.2 Å². The molecule has 6 heterocycles. The van der Waals surface area contributed by atoms with Crippen LogP contribution in [0.2, 0.25) is 0 Å². The van der Waals surface area contributed by atoms with Gasteiger partial charge in [-0.05, 0) is 98.2 Å². The number of anilines is 2. The van der Waals surface area contributed by atoms with Crippen LogP contribution in [-0.2, 0) is 31.1 Å². The van der Waals surface area contributed by atoms with E-state index >= 15 is 8.78 Å². The largest absolute Gasteiger partial charge is 0.490 e. The number of benzene rings is 3. The van der Waals surface area contributed by atoms with Gasteiger partial charge in [-0.2, -0.15) is 12.7 Å². The number of halogens is 3. The lowest BCUT2D eigenvalue weighted by Gasteiger charge is -2.35. The smallest absolute Gasteiger partial charge is 0.301 e. The summed E-state index contributed by atoms with van der Waals surface area (Å²) in [5.74, 6) is -3.84. The average Bonchev–Trinajstić information content (AvgIpc) is 4.12. The Morgan fingerprint density at radius 3 is 2.41 bits per heavy atom. The Balaban J connectivity index is 0.727. The molecule has 0 radical (unpaired) electrons. The maximum absolute atomic E-state index is 15.7. The molecule has 19 heteroatoms. The fourth-order valence-electron chi connectivity index (χ4n) is 9.76. The minimum Gasteiger partial charge on any atom is -0.490 e. The first-order valence-electron chi connectivity index (χ1n) is 22.1. The van der Waals surface area contributed by atoms with Crippen molar-refractivity contribution in [3.05, 3.63) is 107 Å². The first kappa shape index (κ1) is 43.6. The van der Waals surface area contributed by atoms with E-state index in [0.717, 1.165) is 78.4 Å². The van der Waals surface area contributed by atoms with Crippen LogP contribution < -0.4 is 19.7 Å². The predicted molar refractivity (Wildman–Crippen MR) is 236 cm³/mol. The summed E-state index contributed by atoms with van der Waals surface area (Å²) in [4.78, 5) is 62.1. The van der Waals surface area contributed by atoms with Gasteiger partial charge in [-0.15, -0.1) is 0 Å². The number of ether oxygens (including phenoxy) is 2. The Labute approximate surface area is 377 Å². The van der Waals surface area contributed by atoms with E-state index in [1.807, 2.05) is 47.2 Å². The van der Waals surface area contributed by atoms with Crippen molar-refractivity contribution >= 4 is 56.1 Å². The van der Waals surface area contributed by atoms with Gasteiger partial charge in [0.25, 0.3) is 5.91 Å². The fraction of sp³-hybridized carbons (Fsp3) is 0.383. The number of aromatic amines is 1. The number of piperidine rings is 2. The van der Waals surface area contributed by atoms with E-state index in [-0.39, 0.29) is 55.1 Å². The molecule has 5 aromatic rings. The number of alkyl halides is 1. The molecule has 3 saturated heterocycles. The van der Waals surface area contributed by atoms with Crippen molar-refractivity contribution < 1.29 is 50.2 Å². The maximum atomic E-state index is 15.7. The topological polar surface area (TPSA) is 183 Å². The molecule has 3 amide bonds. The van der Waals surface area contributed by atoms with Crippen molar-refractivity contribution in [3.63, 3.8) is 0 Å². The van der Waals surface area contributed by atoms with Gasteiger partial charge in [0.2, 0.25) is 17.6 Å². The molecular weight excluding hydrogens is 880 g/mol. The van der Waals surface area contributed by atoms with Gasteiger partial charge in [-0.3, -0.25) is 29.2 Å². The molecule has 4 fully saturated rings. The summed E-state index contributed by atoms with van der Waals surface area (Å²) in [6, 6.07) is 16.0. The van der Waals surface area contributed by atoms with Crippen LogP contribution in [0, 0.1) is 11.6 Å². The Morgan fingerprint density at radius 1 is 0.864 bits per heavy atom. The third kappa shape index (κ3) is 8.50. The molecule has 344 valence electrons. The van der Waals surface area contributed by atoms with Gasteiger partial charge in [0.1, 0.15) is 35.5 Å². The van der Waals surface area contributed by atoms with Gasteiger partial charge in [0.15, 0.2) is 5.82 Å². The number of hydrogen-bond donors (Lipinski definition) is 3. The molecule has 1 unspecified atom stereocenters. The Morgan fingerprint density at radius 2 is 1.65 bits per heavy atom. The summed E-state index contributed by atoms with van der Waals surface area (Å²) < 4.78 is 86.0. The summed E-state index contributed by atoms with van der Waals surface area (Å²) in [6.07, 6.45) is 6.42. The predicted octanol–water partition coefficient (Wildman–Crippen LogP) is 6.19. The monoisotopic (exact) mass is 925 g/mol. The summed E-state index contributed by atoms with van der Waals surface area (Å²) in [7, 11) is -4.36. The number of aromatic nitrogens is 2. The van der Waals surface area contributed by atoms with Crippen LogP contribution in [0.3, 0.4) is 0 Å². The third-order valence-electron chi connectivity index (χ3n) is 13.3. The molecule has 0 bridgehead atoms. The van der Waals surface area contributed by atoms with Crippen molar-refractivity contribution in [2.75, 3.05) is 35.8 Å². The van der Waals surface area contributed by atoms with Crippen LogP contribution >= 0.6 is 0 Å². The van der Waals surface area contributed by atoms with E-state index in [9.17, 15) is 32.0 Å². The molecule has 3 N–H and O–H groups in total. The van der Waals surface area contributed by atoms with Gasteiger partial charge >= 0.3 is 10.2 Å². The standard InChI is InChI=1S/C47H46F3N7O8S/c48-29-13-18-56(25-29)66(62,63)54-39-10-9-38(49)42(43(39)50)44(59)37-23-52-45-36(37)20-27(22-51-45)26-1-4-31(5-2-26)64-33-6-7-34(21-33)65-32-14-16-55(17-15-32)30-3-8-35-28(19-30)24-57(47(35)61)40-11-12-41(58)53-46(40)60/h1-5,8-10,19-20,22-23,29,32-34,40,54H,6-7,11-18,21,24-25H2,(H,51,52)(H,53,58,60)/t29-,33-,34-,40?/m1/s1. The summed E-state index contributed by atoms with van der Waals surface area (Å²) in [5.41, 5.74) is 2.53. The maximum Gasteiger partial charge on any atom is 0.301 e. The quantitative estimate of drug-likeness (QED) is 0.0965. The highest BCUT2D eigenvalue weighted by Crippen LogP contribution is 2.35. The second kappa shape index (κ2) is 17.5. The number of nitrogens with zero attached hydrogens (tertiary/aromatic N) is 4. The highest BCUT2D eigenvalue weighted by atomic mass is 32.2. The lowest BCUT2D eigenvalue weighted by molar-refractivity contribution is -0.136. The summed E-state index contributed by atoms with van der Waals surface area (Å²) in [5, 5.41) is 2.65. The molecular formula is C47H46F3N7O8S. The van der Waals surface area contributed by atoms with Gasteiger partial charge < -0.3 is 24.3 Å². The first-order valence-corrected chi connectivity index (χ1v) is 23.6. The lowest BCUT2D eigenvalue weighted by Crippen LogP contribution is -2.52. The van der Waals surface area contributed by atoms with E-state index in [1.165, 1.54) is 6.20 Å². The molecule has 4 aliphatic heterocycles. The van der Waals surface area contributed by atoms with Crippen LogP contribution in [0.1, 0.15) is 83.2 Å². The second-order valence-corrected chi connectivity index (χ2v) is 19.2. The number of ketones is 1. The van der Waals surface area contributed by atoms with Gasteiger partial charge in [-0.25, -0.2) is 18.2 Å². The minimum absolute atomic E-state index is 0.00335. The van der Waals surface area contributed by atoms with Crippen LogP contribution in [-0.4, -0.2) is 108 Å². The fourth-order valence-corrected chi connectivity index (χ4v) is 11.0. The minimum atomic E-state index is -4.36. The molecule has 66 heavy (non-hydrogen) atoms. The number of imide groups is 1. The molecule has 10 rings (SSSR count). The zero-order chi connectivity index (χ0) is 45.9. The number of rotatable bonds is 12. The molecule has 15 nitrogen and oxygen atoms in total. The van der Waals surface area contributed by atoms with E-state index in [1.54, 1.807) is 17.2 Å². The zero-order valence-electron chi connectivity index (χ0n) is 35.6. The van der Waals surface area contributed by atoms with Gasteiger partial charge in [-0.1, -0.05) is 12.1 Å². The number of nitrogens with one attached hydrogen (secondary N) is 3. The molecule has 2 aromatic heterocycles. The Kier molecular flexibility index (Phi) is 11.5. The second-order valence-electron chi connectivity index (χ2n) is 17.5. The molecule has 1 saturated carbocycles. The van der Waals surface area contributed by atoms with Crippen LogP contribution in [0.5, 0.6) is 5.75 Å². The van der Waals surface area contributed by atoms with Crippen molar-refractivity contribution in [1.82, 2.24) is 24.5 Å². The van der Waals surface area contributed by atoms with Crippen molar-refractivity contribution in [2.45, 2.75) is 88.4 Å². The zero-order valence-corrected chi connectivity index (χ0v) is 36.4. The Bertz CT molecular complexity index is 2870. The molecule has 0 spiro atoms. The third-order valence-corrected chi connectivity index (χ3v) is 14.8. The Hall–Kier alpha value is -6.31. The van der Waals surface area contributed by atoms with Gasteiger partial charge in [0.05, 0.1) is 23.5 Å². The normalized spacial score (nSPS) is 22.9. The number of H-pyrrole nitrogens is 1. The highest BCUT2D eigenvalue weighted by Gasteiger charge is 2.40. The van der Waals surface area contributed by atoms with E-state index in [2.05, 4.69) is 20.2 Å². The van der Waals surface area contributed by atoms with E-state index in [4.69, 9.17) is 9.47 Å². The number of fused-ring (bicyclic) bond motifs is 2. The number of pyridine rings is 1. The summed E-state index contributed by atoms with van der Waals surface area (Å²) >= 11 is 0. The molecule has 1 aliphatic carbocycles. The first-order chi connectivity index (χ1) is 31.8. The van der Waals surface area contributed by atoms with Gasteiger partial charge in [0, 0.05) is 85.7 Å². The van der Waals surface area contributed by atoms with E-state index < -0.39 is 63.5 Å². The number of hydrogen-bond acceptors (Lipinski definition) is 10. The SMILES string of the molecule is O=C1CCC(N2Cc3cc(N4CCC(O[C@@H]5CC[C@@H](Oc6ccc(-c7cnc8[nH]cc(C(=O)c9c(F)ccc(NS(=O)(=O)N%10CC[C@@H](F)C%10)c9F)c8c7)cc6)C5)CC4)ccc3C2=O)C(=O)N1. The molecule has 5 aliphatic rings. The average molecular weight is 926 g/mol. The highest BCUT2D eigenvalue weighted by molar-refractivity contribution is 7.90. The van der Waals surface area contributed by atoms with Crippen molar-refractivity contribution in [3.8, 4) is 16.9 Å². The van der Waals surface area contributed by atoms with Crippen molar-refractivity contribution in [1.29, 1.82) is 0 Å².